The molecule has 0 saturated carbocycles. The SMILES string of the molecule is NC1C(=O)N2C(C(=O)OCc3ccc([N+](=O)[O-])cc3)=C(F)CS[C@H]12. The summed E-state index contributed by atoms with van der Waals surface area (Å²) in [6.07, 6.45) is 0. The van der Waals surface area contributed by atoms with Crippen molar-refractivity contribution in [3.8, 4) is 0 Å². The Morgan fingerprint density at radius 1 is 1.46 bits per heavy atom. The van der Waals surface area contributed by atoms with Crippen molar-refractivity contribution in [2.45, 2.75) is 18.0 Å². The number of rotatable bonds is 4. The lowest BCUT2D eigenvalue weighted by Gasteiger charge is -2.47. The van der Waals surface area contributed by atoms with Crippen molar-refractivity contribution in [3.05, 3.63) is 51.5 Å². The number of non-ortho nitro benzene ring substituents is 1. The fourth-order valence-corrected chi connectivity index (χ4v) is 3.54. The minimum absolute atomic E-state index is 0.0515. The van der Waals surface area contributed by atoms with E-state index in [-0.39, 0.29) is 18.0 Å². The Morgan fingerprint density at radius 2 is 2.12 bits per heavy atom. The second-order valence-electron chi connectivity index (χ2n) is 5.19. The third kappa shape index (κ3) is 2.74. The first-order chi connectivity index (χ1) is 11.4. The van der Waals surface area contributed by atoms with Gasteiger partial charge in [0.05, 0.1) is 4.92 Å². The van der Waals surface area contributed by atoms with E-state index in [9.17, 15) is 24.1 Å². The highest BCUT2D eigenvalue weighted by Crippen LogP contribution is 2.40. The Labute approximate surface area is 139 Å². The van der Waals surface area contributed by atoms with E-state index in [1.54, 1.807) is 0 Å². The number of hydrogen-bond acceptors (Lipinski definition) is 7. The standard InChI is InChI=1S/C14H12FN3O5S/c15-9-6-24-13-10(16)12(19)17(13)11(9)14(20)23-5-7-1-3-8(4-2-7)18(21)22/h1-4,10,13H,5-6,16H2/t10?,13-/m1/s1. The lowest BCUT2D eigenvalue weighted by Crippen LogP contribution is -2.68. The number of ether oxygens (including phenoxy) is 1. The van der Waals surface area contributed by atoms with E-state index in [4.69, 9.17) is 10.5 Å². The highest BCUT2D eigenvalue weighted by molar-refractivity contribution is 8.00. The molecule has 1 fully saturated rings. The molecule has 1 amide bonds. The zero-order chi connectivity index (χ0) is 17.4. The molecule has 1 aromatic rings. The van der Waals surface area contributed by atoms with Crippen LogP contribution < -0.4 is 5.73 Å². The second-order valence-corrected chi connectivity index (χ2v) is 6.29. The van der Waals surface area contributed by atoms with Crippen LogP contribution in [-0.2, 0) is 20.9 Å². The third-order valence-corrected chi connectivity index (χ3v) is 4.94. The zero-order valence-electron chi connectivity index (χ0n) is 12.2. The van der Waals surface area contributed by atoms with Crippen molar-refractivity contribution in [1.29, 1.82) is 0 Å². The maximum atomic E-state index is 14.0. The van der Waals surface area contributed by atoms with Crippen LogP contribution in [0.2, 0.25) is 0 Å². The molecule has 0 aliphatic carbocycles. The van der Waals surface area contributed by atoms with Crippen LogP contribution in [0.3, 0.4) is 0 Å². The van der Waals surface area contributed by atoms with Gasteiger partial charge in [0.2, 0.25) is 5.91 Å². The van der Waals surface area contributed by atoms with Gasteiger partial charge in [0.25, 0.3) is 5.69 Å². The van der Waals surface area contributed by atoms with Crippen LogP contribution in [-0.4, -0.2) is 38.9 Å². The van der Waals surface area contributed by atoms with Gasteiger partial charge in [-0.25, -0.2) is 9.18 Å². The van der Waals surface area contributed by atoms with Gasteiger partial charge in [0.1, 0.15) is 23.8 Å². The van der Waals surface area contributed by atoms with Crippen molar-refractivity contribution in [3.63, 3.8) is 0 Å². The smallest absolute Gasteiger partial charge is 0.358 e. The molecule has 2 N–H and O–H groups in total. The first kappa shape index (κ1) is 16.4. The largest absolute Gasteiger partial charge is 0.456 e. The predicted molar refractivity (Wildman–Crippen MR) is 82.1 cm³/mol. The number of fused-ring (bicyclic) bond motifs is 1. The van der Waals surface area contributed by atoms with E-state index in [0.29, 0.717) is 5.56 Å². The maximum Gasteiger partial charge on any atom is 0.358 e. The average Bonchev–Trinajstić information content (AvgIpc) is 2.59. The predicted octanol–water partition coefficient (Wildman–Crippen LogP) is 1.06. The summed E-state index contributed by atoms with van der Waals surface area (Å²) >= 11 is 1.15. The van der Waals surface area contributed by atoms with E-state index in [1.807, 2.05) is 0 Å². The first-order valence-electron chi connectivity index (χ1n) is 6.89. The minimum atomic E-state index is -0.962. The minimum Gasteiger partial charge on any atom is -0.456 e. The summed E-state index contributed by atoms with van der Waals surface area (Å²) in [6.45, 7) is -0.195. The topological polar surface area (TPSA) is 116 Å². The Bertz CT molecular complexity index is 751. The van der Waals surface area contributed by atoms with Crippen LogP contribution in [0.5, 0.6) is 0 Å². The number of amides is 1. The van der Waals surface area contributed by atoms with Crippen LogP contribution in [0.15, 0.2) is 35.8 Å². The number of carbonyl (C=O) groups is 2. The number of hydrogen-bond donors (Lipinski definition) is 1. The molecule has 2 aliphatic heterocycles. The van der Waals surface area contributed by atoms with E-state index >= 15 is 0 Å². The average molecular weight is 353 g/mol. The molecule has 24 heavy (non-hydrogen) atoms. The van der Waals surface area contributed by atoms with Crippen molar-refractivity contribution in [2.24, 2.45) is 5.73 Å². The molecule has 10 heteroatoms. The Hall–Kier alpha value is -2.46. The first-order valence-corrected chi connectivity index (χ1v) is 7.94. The molecule has 2 atom stereocenters. The Kier molecular flexibility index (Phi) is 4.24. The third-order valence-electron chi connectivity index (χ3n) is 3.67. The highest BCUT2D eigenvalue weighted by atomic mass is 32.2. The van der Waals surface area contributed by atoms with Gasteiger partial charge < -0.3 is 10.5 Å². The molecule has 8 nitrogen and oxygen atoms in total. The summed E-state index contributed by atoms with van der Waals surface area (Å²) in [4.78, 5) is 34.9. The fraction of sp³-hybridized carbons (Fsp3) is 0.286. The quantitative estimate of drug-likeness (QED) is 0.372. The van der Waals surface area contributed by atoms with E-state index < -0.39 is 39.7 Å². The van der Waals surface area contributed by atoms with Gasteiger partial charge in [0, 0.05) is 17.9 Å². The molecule has 3 rings (SSSR count). The Balaban J connectivity index is 1.68. The molecule has 1 saturated heterocycles. The summed E-state index contributed by atoms with van der Waals surface area (Å²) in [7, 11) is 0. The highest BCUT2D eigenvalue weighted by Gasteiger charge is 2.52. The molecule has 126 valence electrons. The van der Waals surface area contributed by atoms with Gasteiger partial charge in [0.15, 0.2) is 5.70 Å². The van der Waals surface area contributed by atoms with Crippen LogP contribution in [0.1, 0.15) is 5.56 Å². The van der Waals surface area contributed by atoms with Crippen molar-refractivity contribution in [1.82, 2.24) is 4.90 Å². The van der Waals surface area contributed by atoms with Crippen LogP contribution in [0, 0.1) is 10.1 Å². The molecule has 0 aromatic heterocycles. The van der Waals surface area contributed by atoms with Crippen LogP contribution >= 0.6 is 11.8 Å². The number of halogens is 1. The number of nitrogens with two attached hydrogens (primary N) is 1. The van der Waals surface area contributed by atoms with Crippen molar-refractivity contribution in [2.75, 3.05) is 5.75 Å². The van der Waals surface area contributed by atoms with Crippen LogP contribution in [0.25, 0.3) is 0 Å². The Morgan fingerprint density at radius 3 is 2.75 bits per heavy atom. The van der Waals surface area contributed by atoms with Crippen molar-refractivity contribution >= 4 is 29.3 Å². The number of esters is 1. The second kappa shape index (κ2) is 6.21. The summed E-state index contributed by atoms with van der Waals surface area (Å²) < 4.78 is 19.0. The van der Waals surface area contributed by atoms with E-state index in [0.717, 1.165) is 16.7 Å². The molecule has 0 spiro atoms. The number of nitrogens with zero attached hydrogens (tertiary/aromatic N) is 2. The maximum absolute atomic E-state index is 14.0. The molecule has 1 unspecified atom stereocenters. The van der Waals surface area contributed by atoms with Gasteiger partial charge >= 0.3 is 5.97 Å². The molecular formula is C14H12FN3O5S. The fourth-order valence-electron chi connectivity index (χ4n) is 2.40. The number of thioether (sulfide) groups is 1. The van der Waals surface area contributed by atoms with Crippen LogP contribution in [0.4, 0.5) is 10.1 Å². The number of nitro benzene ring substituents is 1. The molecule has 0 bridgehead atoms. The van der Waals surface area contributed by atoms with Gasteiger partial charge in [-0.2, -0.15) is 0 Å². The number of β-lactam (4-membered cyclic amide) rings is 1. The summed E-state index contributed by atoms with van der Waals surface area (Å²) in [5, 5.41) is 10.1. The molecule has 1 aromatic carbocycles. The molecule has 2 heterocycles. The lowest BCUT2D eigenvalue weighted by atomic mass is 10.1. The van der Waals surface area contributed by atoms with Gasteiger partial charge in [-0.3, -0.25) is 19.8 Å². The molecule has 0 radical (unpaired) electrons. The monoisotopic (exact) mass is 353 g/mol. The normalized spacial score (nSPS) is 22.8. The summed E-state index contributed by atoms with van der Waals surface area (Å²) in [5.74, 6) is -2.27. The van der Waals surface area contributed by atoms with Gasteiger partial charge in [-0.15, -0.1) is 11.8 Å². The number of carbonyl (C=O) groups excluding carboxylic acids is 2. The zero-order valence-corrected chi connectivity index (χ0v) is 13.0. The number of benzene rings is 1. The van der Waals surface area contributed by atoms with Gasteiger partial charge in [-0.1, -0.05) is 0 Å². The van der Waals surface area contributed by atoms with E-state index in [1.165, 1.54) is 24.3 Å². The van der Waals surface area contributed by atoms with Crippen molar-refractivity contribution < 1.29 is 23.6 Å². The van der Waals surface area contributed by atoms with Gasteiger partial charge in [-0.05, 0) is 17.7 Å². The lowest BCUT2D eigenvalue weighted by molar-refractivity contribution is -0.384. The summed E-state index contributed by atoms with van der Waals surface area (Å²) in [5.41, 5.74) is 5.63. The van der Waals surface area contributed by atoms with E-state index in [2.05, 4.69) is 0 Å². The number of nitro groups is 1. The molecule has 2 aliphatic rings. The molecular weight excluding hydrogens is 341 g/mol. The summed E-state index contributed by atoms with van der Waals surface area (Å²) in [6, 6.07) is 4.66.